The molecule has 0 fully saturated rings. The van der Waals surface area contributed by atoms with Crippen molar-refractivity contribution >= 4 is 11.5 Å². The highest BCUT2D eigenvalue weighted by atomic mass is 16.7. The molecule has 0 amide bonds. The Kier molecular flexibility index (Phi) is 4.64. The lowest BCUT2D eigenvalue weighted by Crippen LogP contribution is -3.10. The van der Waals surface area contributed by atoms with E-state index in [1.54, 1.807) is 7.11 Å². The van der Waals surface area contributed by atoms with Gasteiger partial charge in [-0.2, -0.15) is 0 Å². The third-order valence-corrected chi connectivity index (χ3v) is 5.47. The summed E-state index contributed by atoms with van der Waals surface area (Å²) in [6, 6.07) is 7.62. The number of nitrogens with one attached hydrogen (secondary N) is 1. The molecule has 0 bridgehead atoms. The lowest BCUT2D eigenvalue weighted by molar-refractivity contribution is -0.913. The zero-order valence-corrected chi connectivity index (χ0v) is 15.7. The number of carbonyl (C=O) groups excluding carboxylic acids is 1. The van der Waals surface area contributed by atoms with Crippen molar-refractivity contribution in [3.8, 4) is 17.2 Å². The predicted molar refractivity (Wildman–Crippen MR) is 99.4 cm³/mol. The van der Waals surface area contributed by atoms with E-state index in [9.17, 15) is 14.9 Å². The summed E-state index contributed by atoms with van der Waals surface area (Å²) >= 11 is 0. The number of methoxy groups -OCH3 is 1. The number of nitro groups is 1. The van der Waals surface area contributed by atoms with Crippen LogP contribution in [0.2, 0.25) is 0 Å². The maximum absolute atomic E-state index is 12.9. The van der Waals surface area contributed by atoms with Crippen LogP contribution < -0.4 is 19.1 Å². The van der Waals surface area contributed by atoms with Crippen molar-refractivity contribution in [3.05, 3.63) is 57.1 Å². The molecule has 1 unspecified atom stereocenters. The Bertz CT molecular complexity index is 941. The number of nitrogens with zero attached hydrogens (tertiary/aromatic N) is 1. The first-order chi connectivity index (χ1) is 13.5. The van der Waals surface area contributed by atoms with Gasteiger partial charge in [0.25, 0.3) is 5.69 Å². The molecule has 1 N–H and O–H groups in total. The van der Waals surface area contributed by atoms with E-state index in [1.165, 1.54) is 29.2 Å². The highest BCUT2D eigenvalue weighted by Gasteiger charge is 2.37. The summed E-state index contributed by atoms with van der Waals surface area (Å²) in [5, 5.41) is 10.8. The van der Waals surface area contributed by atoms with Gasteiger partial charge in [-0.25, -0.2) is 0 Å². The number of ketones is 1. The van der Waals surface area contributed by atoms with Crippen molar-refractivity contribution in [1.29, 1.82) is 0 Å². The maximum Gasteiger partial charge on any atom is 0.269 e. The van der Waals surface area contributed by atoms with E-state index in [1.807, 2.05) is 6.07 Å². The van der Waals surface area contributed by atoms with Gasteiger partial charge in [0, 0.05) is 24.1 Å². The monoisotopic (exact) mass is 385 g/mol. The summed E-state index contributed by atoms with van der Waals surface area (Å²) in [6.45, 7) is 1.04. The highest BCUT2D eigenvalue weighted by molar-refractivity contribution is 5.96. The fourth-order valence-electron chi connectivity index (χ4n) is 3.97. The molecule has 0 aromatic heterocycles. The topological polar surface area (TPSA) is 92.3 Å². The molecule has 0 radical (unpaired) electrons. The molecule has 2 aromatic carbocycles. The van der Waals surface area contributed by atoms with Gasteiger partial charge < -0.3 is 19.1 Å². The smallest absolute Gasteiger partial charge is 0.269 e. The van der Waals surface area contributed by atoms with Gasteiger partial charge in [0.2, 0.25) is 12.5 Å². The first-order valence-corrected chi connectivity index (χ1v) is 9.09. The molecule has 8 heteroatoms. The average Bonchev–Trinajstić information content (AvgIpc) is 3.16. The second kappa shape index (κ2) is 7.12. The van der Waals surface area contributed by atoms with Crippen LogP contribution in [-0.2, 0) is 6.42 Å². The van der Waals surface area contributed by atoms with Crippen LogP contribution in [0.15, 0.2) is 30.3 Å². The van der Waals surface area contributed by atoms with Crippen LogP contribution in [-0.4, -0.2) is 38.2 Å². The van der Waals surface area contributed by atoms with Gasteiger partial charge in [0.05, 0.1) is 37.6 Å². The molecule has 0 aliphatic carbocycles. The molecule has 0 saturated heterocycles. The van der Waals surface area contributed by atoms with E-state index in [0.29, 0.717) is 22.8 Å². The number of hydrogen-bond donors (Lipinski definition) is 1. The molecule has 2 aromatic rings. The molecule has 28 heavy (non-hydrogen) atoms. The Labute approximate surface area is 161 Å². The number of likely N-dealkylation sites (N-methyl/N-ethyl adjacent to an activating group) is 1. The van der Waals surface area contributed by atoms with Gasteiger partial charge in [0.15, 0.2) is 17.3 Å². The summed E-state index contributed by atoms with van der Waals surface area (Å²) in [4.78, 5) is 24.5. The number of nitro benzene ring substituents is 1. The molecule has 4 rings (SSSR count). The summed E-state index contributed by atoms with van der Waals surface area (Å²) in [5.74, 6) is 1.83. The van der Waals surface area contributed by atoms with Gasteiger partial charge in [-0.15, -0.1) is 0 Å². The summed E-state index contributed by atoms with van der Waals surface area (Å²) in [7, 11) is 3.65. The van der Waals surface area contributed by atoms with Crippen molar-refractivity contribution in [2.45, 2.75) is 18.9 Å². The van der Waals surface area contributed by atoms with E-state index >= 15 is 0 Å². The van der Waals surface area contributed by atoms with Crippen LogP contribution in [0.5, 0.6) is 17.2 Å². The number of Topliss-reactive ketones (excluding diaryl/α,β-unsaturated/α-hetero) is 1. The van der Waals surface area contributed by atoms with Crippen LogP contribution in [0.3, 0.4) is 0 Å². The van der Waals surface area contributed by atoms with Crippen LogP contribution in [0.4, 0.5) is 5.69 Å². The zero-order valence-electron chi connectivity index (χ0n) is 15.7. The van der Waals surface area contributed by atoms with Crippen LogP contribution in [0.25, 0.3) is 0 Å². The van der Waals surface area contributed by atoms with Gasteiger partial charge in [-0.05, 0) is 23.8 Å². The van der Waals surface area contributed by atoms with Crippen LogP contribution >= 0.6 is 0 Å². The highest BCUT2D eigenvalue weighted by Crippen LogP contribution is 2.47. The van der Waals surface area contributed by atoms with Crippen molar-refractivity contribution in [2.75, 3.05) is 27.5 Å². The zero-order chi connectivity index (χ0) is 19.8. The largest absolute Gasteiger partial charge is 0.492 e. The van der Waals surface area contributed by atoms with Gasteiger partial charge in [-0.3, -0.25) is 14.9 Å². The molecule has 2 aliphatic rings. The standard InChI is InChI=1S/C20H20N2O6/c1-21-8-7-13-9-17-19(28-11-27-17)20(26-2)18(13)15(21)10-16(23)12-3-5-14(6-4-12)22(24)25/h3-6,9,15H,7-8,10-11H2,1-2H3/p+1/t15-/m1/s1. The van der Waals surface area contributed by atoms with Crippen molar-refractivity contribution in [3.63, 3.8) is 0 Å². The number of fused-ring (bicyclic) bond motifs is 2. The first kappa shape index (κ1) is 18.2. The van der Waals surface area contributed by atoms with Gasteiger partial charge in [0.1, 0.15) is 6.04 Å². The Hall–Kier alpha value is -3.13. The predicted octanol–water partition coefficient (Wildman–Crippen LogP) is 1.72. The molecule has 8 nitrogen and oxygen atoms in total. The normalized spacial score (nSPS) is 19.8. The minimum absolute atomic E-state index is 0.0308. The molecule has 146 valence electrons. The second-order valence-corrected chi connectivity index (χ2v) is 7.05. The van der Waals surface area contributed by atoms with Crippen molar-refractivity contribution < 1.29 is 28.8 Å². The minimum Gasteiger partial charge on any atom is -0.492 e. The molecule has 2 heterocycles. The Morgan fingerprint density at radius 1 is 1.32 bits per heavy atom. The fraction of sp³-hybridized carbons (Fsp3) is 0.350. The lowest BCUT2D eigenvalue weighted by Gasteiger charge is -2.32. The summed E-state index contributed by atoms with van der Waals surface area (Å²) in [5.41, 5.74) is 2.51. The number of quaternary nitrogens is 1. The maximum atomic E-state index is 12.9. The Balaban J connectivity index is 1.67. The molecule has 0 spiro atoms. The van der Waals surface area contributed by atoms with Gasteiger partial charge in [-0.1, -0.05) is 0 Å². The van der Waals surface area contributed by atoms with Crippen molar-refractivity contribution in [2.24, 2.45) is 0 Å². The van der Waals surface area contributed by atoms with Crippen LogP contribution in [0, 0.1) is 10.1 Å². The Morgan fingerprint density at radius 3 is 2.75 bits per heavy atom. The third kappa shape index (κ3) is 3.05. The summed E-state index contributed by atoms with van der Waals surface area (Å²) in [6.07, 6.45) is 1.13. The fourth-order valence-corrected chi connectivity index (χ4v) is 3.97. The Morgan fingerprint density at radius 2 is 2.07 bits per heavy atom. The van der Waals surface area contributed by atoms with Crippen molar-refractivity contribution in [1.82, 2.24) is 0 Å². The number of benzene rings is 2. The average molecular weight is 385 g/mol. The number of hydrogen-bond acceptors (Lipinski definition) is 6. The van der Waals surface area contributed by atoms with Gasteiger partial charge >= 0.3 is 0 Å². The SMILES string of the molecule is COc1c2c(cc3c1[C@@H](CC(=O)c1ccc([N+](=O)[O-])cc1)[NH+](C)CC3)OCO2. The quantitative estimate of drug-likeness (QED) is 0.479. The number of rotatable bonds is 5. The van der Waals surface area contributed by atoms with E-state index < -0.39 is 4.92 Å². The summed E-state index contributed by atoms with van der Waals surface area (Å²) < 4.78 is 16.8. The molecule has 2 atom stereocenters. The second-order valence-electron chi connectivity index (χ2n) is 7.05. The molecular weight excluding hydrogens is 364 g/mol. The van der Waals surface area contributed by atoms with E-state index in [0.717, 1.165) is 24.1 Å². The molecular formula is C20H21N2O6+. The third-order valence-electron chi connectivity index (χ3n) is 5.47. The first-order valence-electron chi connectivity index (χ1n) is 9.09. The lowest BCUT2D eigenvalue weighted by atomic mass is 9.87. The number of ether oxygens (including phenoxy) is 3. The van der Waals surface area contributed by atoms with E-state index in [4.69, 9.17) is 14.2 Å². The minimum atomic E-state index is -0.475. The molecule has 0 saturated carbocycles. The van der Waals surface area contributed by atoms with E-state index in [-0.39, 0.29) is 30.7 Å². The molecule has 2 aliphatic heterocycles. The van der Waals surface area contributed by atoms with E-state index in [2.05, 4.69) is 7.05 Å². The number of non-ortho nitro benzene ring substituents is 1. The number of carbonyl (C=O) groups is 1. The van der Waals surface area contributed by atoms with Crippen LogP contribution in [0.1, 0.15) is 33.9 Å².